The van der Waals surface area contributed by atoms with Gasteiger partial charge in [0.25, 0.3) is 0 Å². The lowest BCUT2D eigenvalue weighted by Crippen LogP contribution is -2.33. The zero-order chi connectivity index (χ0) is 10.0. The van der Waals surface area contributed by atoms with E-state index in [1.165, 1.54) is 0 Å². The average Bonchev–Trinajstić information content (AvgIpc) is 2.73. The first-order chi connectivity index (χ1) is 6.70. The Morgan fingerprint density at radius 1 is 1.64 bits per heavy atom. The van der Waals surface area contributed by atoms with Gasteiger partial charge in [0.2, 0.25) is 5.95 Å². The van der Waals surface area contributed by atoms with Gasteiger partial charge >= 0.3 is 0 Å². The van der Waals surface area contributed by atoms with Gasteiger partial charge in [-0.05, 0) is 30.2 Å². The highest BCUT2D eigenvalue weighted by Crippen LogP contribution is 2.24. The monoisotopic (exact) mass is 197 g/mol. The third-order valence-corrected chi connectivity index (χ3v) is 2.54. The van der Waals surface area contributed by atoms with Gasteiger partial charge in [-0.25, -0.2) is 4.68 Å². The Morgan fingerprint density at radius 2 is 2.50 bits per heavy atom. The molecule has 1 aliphatic rings. The molecule has 1 atom stereocenters. The van der Waals surface area contributed by atoms with Crippen LogP contribution in [0.3, 0.4) is 0 Å². The van der Waals surface area contributed by atoms with E-state index in [-0.39, 0.29) is 5.60 Å². The fraction of sp³-hybridized carbons (Fsp3) is 0.875. The number of hydrogen-bond donors (Lipinski definition) is 1. The van der Waals surface area contributed by atoms with E-state index in [9.17, 15) is 0 Å². The van der Waals surface area contributed by atoms with Crippen molar-refractivity contribution in [1.29, 1.82) is 0 Å². The zero-order valence-electron chi connectivity index (χ0n) is 8.53. The van der Waals surface area contributed by atoms with Crippen LogP contribution in [0, 0.1) is 0 Å². The predicted molar refractivity (Wildman–Crippen MR) is 50.9 cm³/mol. The fourth-order valence-corrected chi connectivity index (χ4v) is 1.62. The van der Waals surface area contributed by atoms with E-state index in [1.807, 2.05) is 0 Å². The molecule has 0 radical (unpaired) electrons. The third-order valence-electron chi connectivity index (χ3n) is 2.54. The lowest BCUT2D eigenvalue weighted by Gasteiger charge is -2.23. The van der Waals surface area contributed by atoms with Crippen LogP contribution >= 0.6 is 0 Å². The average molecular weight is 197 g/mol. The second kappa shape index (κ2) is 3.53. The molecule has 1 aliphatic heterocycles. The van der Waals surface area contributed by atoms with Crippen LogP contribution in [-0.2, 0) is 11.8 Å². The van der Waals surface area contributed by atoms with Gasteiger partial charge < -0.3 is 10.1 Å². The van der Waals surface area contributed by atoms with E-state index >= 15 is 0 Å². The molecule has 1 aromatic heterocycles. The SMILES string of the molecule is Cn1nnnc1NCC1(C)CCCO1. The van der Waals surface area contributed by atoms with Crippen LogP contribution in [0.25, 0.3) is 0 Å². The molecule has 2 heterocycles. The first-order valence-electron chi connectivity index (χ1n) is 4.80. The standard InChI is InChI=1S/C8H15N5O/c1-8(4-3-5-14-8)6-9-7-10-11-12-13(7)2/h3-6H2,1-2H3,(H,9,10,12). The summed E-state index contributed by atoms with van der Waals surface area (Å²) >= 11 is 0. The lowest BCUT2D eigenvalue weighted by atomic mass is 10.0. The molecule has 1 fully saturated rings. The Morgan fingerprint density at radius 3 is 3.07 bits per heavy atom. The zero-order valence-corrected chi connectivity index (χ0v) is 8.53. The summed E-state index contributed by atoms with van der Waals surface area (Å²) in [5.74, 6) is 0.682. The summed E-state index contributed by atoms with van der Waals surface area (Å²) in [6, 6.07) is 0. The summed E-state index contributed by atoms with van der Waals surface area (Å²) in [7, 11) is 1.81. The number of aryl methyl sites for hydroxylation is 1. The molecule has 6 nitrogen and oxygen atoms in total. The maximum absolute atomic E-state index is 5.64. The minimum absolute atomic E-state index is 0.0635. The molecule has 2 rings (SSSR count). The van der Waals surface area contributed by atoms with Gasteiger partial charge in [0.05, 0.1) is 5.60 Å². The van der Waals surface area contributed by atoms with Crippen molar-refractivity contribution in [2.75, 3.05) is 18.5 Å². The molecule has 1 unspecified atom stereocenters. The van der Waals surface area contributed by atoms with Crippen molar-refractivity contribution in [2.45, 2.75) is 25.4 Å². The molecular weight excluding hydrogens is 182 g/mol. The Bertz CT molecular complexity index is 304. The molecule has 0 bridgehead atoms. The molecule has 0 spiro atoms. The molecule has 0 aromatic carbocycles. The summed E-state index contributed by atoms with van der Waals surface area (Å²) in [5, 5.41) is 14.3. The fourth-order valence-electron chi connectivity index (χ4n) is 1.62. The second-order valence-electron chi connectivity index (χ2n) is 3.88. The van der Waals surface area contributed by atoms with Crippen LogP contribution < -0.4 is 5.32 Å². The van der Waals surface area contributed by atoms with Gasteiger partial charge in [-0.15, -0.1) is 0 Å². The number of tetrazole rings is 1. The number of hydrogen-bond acceptors (Lipinski definition) is 5. The van der Waals surface area contributed by atoms with Crippen molar-refractivity contribution >= 4 is 5.95 Å². The lowest BCUT2D eigenvalue weighted by molar-refractivity contribution is 0.0313. The van der Waals surface area contributed by atoms with Crippen molar-refractivity contribution in [3.05, 3.63) is 0 Å². The van der Waals surface area contributed by atoms with E-state index in [4.69, 9.17) is 4.74 Å². The summed E-state index contributed by atoms with van der Waals surface area (Å²) in [6.45, 7) is 3.72. The summed E-state index contributed by atoms with van der Waals surface area (Å²) in [5.41, 5.74) is -0.0635. The Balaban J connectivity index is 1.91. The van der Waals surface area contributed by atoms with Crippen molar-refractivity contribution in [3.63, 3.8) is 0 Å². The quantitative estimate of drug-likeness (QED) is 0.749. The third kappa shape index (κ3) is 1.84. The number of ether oxygens (including phenoxy) is 1. The Kier molecular flexibility index (Phi) is 2.37. The molecule has 14 heavy (non-hydrogen) atoms. The highest BCUT2D eigenvalue weighted by atomic mass is 16.5. The highest BCUT2D eigenvalue weighted by Gasteiger charge is 2.29. The minimum atomic E-state index is -0.0635. The maximum atomic E-state index is 5.64. The van der Waals surface area contributed by atoms with Gasteiger partial charge in [0.1, 0.15) is 0 Å². The van der Waals surface area contributed by atoms with Crippen LogP contribution in [0.15, 0.2) is 0 Å². The van der Waals surface area contributed by atoms with Crippen LogP contribution in [0.4, 0.5) is 5.95 Å². The molecular formula is C8H15N5O. The normalized spacial score (nSPS) is 26.7. The molecule has 1 N–H and O–H groups in total. The van der Waals surface area contributed by atoms with Crippen LogP contribution in [0.5, 0.6) is 0 Å². The number of nitrogens with one attached hydrogen (secondary N) is 1. The summed E-state index contributed by atoms with van der Waals surface area (Å²) in [4.78, 5) is 0. The predicted octanol–water partition coefficient (Wildman–Crippen LogP) is 0.191. The first kappa shape index (κ1) is 9.39. The van der Waals surface area contributed by atoms with E-state index < -0.39 is 0 Å². The van der Waals surface area contributed by atoms with Crippen LogP contribution in [0.1, 0.15) is 19.8 Å². The molecule has 6 heteroatoms. The van der Waals surface area contributed by atoms with Crippen molar-refractivity contribution in [1.82, 2.24) is 20.2 Å². The van der Waals surface area contributed by atoms with Gasteiger partial charge in [-0.2, -0.15) is 0 Å². The molecule has 0 saturated carbocycles. The molecule has 1 saturated heterocycles. The maximum Gasteiger partial charge on any atom is 0.242 e. The topological polar surface area (TPSA) is 64.9 Å². The number of rotatable bonds is 3. The van der Waals surface area contributed by atoms with Crippen molar-refractivity contribution in [2.24, 2.45) is 7.05 Å². The number of aromatic nitrogens is 4. The Hall–Kier alpha value is -1.17. The van der Waals surface area contributed by atoms with Gasteiger partial charge in [0, 0.05) is 20.2 Å². The summed E-state index contributed by atoms with van der Waals surface area (Å²) < 4.78 is 7.25. The molecule has 78 valence electrons. The second-order valence-corrected chi connectivity index (χ2v) is 3.88. The van der Waals surface area contributed by atoms with Crippen molar-refractivity contribution in [3.8, 4) is 0 Å². The van der Waals surface area contributed by atoms with E-state index in [0.29, 0.717) is 5.95 Å². The minimum Gasteiger partial charge on any atom is -0.373 e. The van der Waals surface area contributed by atoms with Gasteiger partial charge in [-0.3, -0.25) is 0 Å². The number of anilines is 1. The smallest absolute Gasteiger partial charge is 0.242 e. The van der Waals surface area contributed by atoms with Crippen LogP contribution in [-0.4, -0.2) is 39.0 Å². The van der Waals surface area contributed by atoms with Crippen molar-refractivity contribution < 1.29 is 4.74 Å². The largest absolute Gasteiger partial charge is 0.373 e. The summed E-state index contributed by atoms with van der Waals surface area (Å²) in [6.07, 6.45) is 2.22. The Labute approximate surface area is 82.6 Å². The van der Waals surface area contributed by atoms with Gasteiger partial charge in [0.15, 0.2) is 0 Å². The molecule has 1 aromatic rings. The highest BCUT2D eigenvalue weighted by molar-refractivity contribution is 5.22. The number of nitrogens with zero attached hydrogens (tertiary/aromatic N) is 4. The van der Waals surface area contributed by atoms with E-state index in [2.05, 4.69) is 27.8 Å². The van der Waals surface area contributed by atoms with E-state index in [0.717, 1.165) is 26.0 Å². The molecule has 0 aliphatic carbocycles. The molecule has 0 amide bonds. The van der Waals surface area contributed by atoms with Gasteiger partial charge in [-0.1, -0.05) is 5.10 Å². The first-order valence-corrected chi connectivity index (χ1v) is 4.80. The van der Waals surface area contributed by atoms with Crippen LogP contribution in [0.2, 0.25) is 0 Å². The van der Waals surface area contributed by atoms with E-state index in [1.54, 1.807) is 11.7 Å².